The van der Waals surface area contributed by atoms with Crippen LogP contribution in [0.3, 0.4) is 0 Å². The van der Waals surface area contributed by atoms with E-state index in [0.717, 1.165) is 11.8 Å². The molecule has 0 aromatic heterocycles. The number of aromatic hydroxyl groups is 1. The number of benzene rings is 2. The molecule has 29 heavy (non-hydrogen) atoms. The van der Waals surface area contributed by atoms with Gasteiger partial charge >= 0.3 is 0 Å². The molecular formula is C18H15N5O5S. The molecule has 148 valence electrons. The molecule has 1 fully saturated rings. The summed E-state index contributed by atoms with van der Waals surface area (Å²) in [6, 6.07) is 12.0. The van der Waals surface area contributed by atoms with Crippen LogP contribution in [0.5, 0.6) is 5.75 Å². The van der Waals surface area contributed by atoms with Crippen LogP contribution in [-0.2, 0) is 9.59 Å². The summed E-state index contributed by atoms with van der Waals surface area (Å²) in [7, 11) is 0. The van der Waals surface area contributed by atoms with Gasteiger partial charge in [-0.1, -0.05) is 23.9 Å². The largest absolute Gasteiger partial charge is 0.507 e. The molecule has 2 amide bonds. The van der Waals surface area contributed by atoms with Gasteiger partial charge in [-0.05, 0) is 24.3 Å². The van der Waals surface area contributed by atoms with Gasteiger partial charge < -0.3 is 15.7 Å². The van der Waals surface area contributed by atoms with Gasteiger partial charge in [-0.3, -0.25) is 19.7 Å². The molecule has 2 aromatic rings. The number of para-hydroxylation sites is 1. The number of carbonyl (C=O) groups is 2. The number of nitrogens with one attached hydrogen (secondary N) is 2. The number of phenols is 1. The van der Waals surface area contributed by atoms with E-state index in [2.05, 4.69) is 20.8 Å². The van der Waals surface area contributed by atoms with E-state index < -0.39 is 16.1 Å². The first kappa shape index (κ1) is 20.0. The van der Waals surface area contributed by atoms with Gasteiger partial charge in [0.15, 0.2) is 5.17 Å². The number of thioether (sulfide) groups is 1. The number of amides is 2. The monoisotopic (exact) mass is 413 g/mol. The zero-order valence-corrected chi connectivity index (χ0v) is 15.6. The van der Waals surface area contributed by atoms with E-state index in [1.165, 1.54) is 36.5 Å². The van der Waals surface area contributed by atoms with Crippen molar-refractivity contribution in [3.05, 3.63) is 64.2 Å². The van der Waals surface area contributed by atoms with Crippen LogP contribution in [0.4, 0.5) is 11.4 Å². The molecule has 3 rings (SSSR count). The average molecular weight is 413 g/mol. The lowest BCUT2D eigenvalue weighted by Crippen LogP contribution is -2.28. The summed E-state index contributed by atoms with van der Waals surface area (Å²) in [5.41, 5.74) is 0.786. The Morgan fingerprint density at radius 2 is 2.00 bits per heavy atom. The fourth-order valence-electron chi connectivity index (χ4n) is 2.37. The maximum atomic E-state index is 12.1. The molecule has 1 atom stereocenters. The van der Waals surface area contributed by atoms with Crippen LogP contribution >= 0.6 is 11.8 Å². The van der Waals surface area contributed by atoms with Crippen molar-refractivity contribution in [1.82, 2.24) is 5.32 Å². The van der Waals surface area contributed by atoms with E-state index in [1.54, 1.807) is 18.2 Å². The van der Waals surface area contributed by atoms with Crippen molar-refractivity contribution in [2.24, 2.45) is 10.2 Å². The lowest BCUT2D eigenvalue weighted by Gasteiger charge is -2.07. The van der Waals surface area contributed by atoms with Crippen molar-refractivity contribution in [2.75, 3.05) is 5.32 Å². The molecule has 1 aliphatic heterocycles. The van der Waals surface area contributed by atoms with E-state index in [4.69, 9.17) is 0 Å². The Morgan fingerprint density at radius 3 is 2.69 bits per heavy atom. The minimum absolute atomic E-state index is 0.0559. The number of anilines is 1. The van der Waals surface area contributed by atoms with Crippen molar-refractivity contribution in [1.29, 1.82) is 0 Å². The van der Waals surface area contributed by atoms with Gasteiger partial charge in [-0.2, -0.15) is 5.10 Å². The number of hydrogen-bond acceptors (Lipinski definition) is 8. The molecule has 10 nitrogen and oxygen atoms in total. The second kappa shape index (κ2) is 8.97. The first-order valence-corrected chi connectivity index (χ1v) is 9.21. The first-order chi connectivity index (χ1) is 13.9. The third kappa shape index (κ3) is 5.39. The lowest BCUT2D eigenvalue weighted by atomic mass is 10.2. The summed E-state index contributed by atoms with van der Waals surface area (Å²) in [4.78, 5) is 34.3. The molecule has 1 heterocycles. The predicted molar refractivity (Wildman–Crippen MR) is 109 cm³/mol. The fraction of sp³-hybridized carbons (Fsp3) is 0.111. The van der Waals surface area contributed by atoms with Gasteiger partial charge in [0.1, 0.15) is 11.0 Å². The zero-order valence-electron chi connectivity index (χ0n) is 14.8. The Morgan fingerprint density at radius 1 is 1.28 bits per heavy atom. The molecule has 1 saturated heterocycles. The van der Waals surface area contributed by atoms with Crippen LogP contribution in [0.1, 0.15) is 12.0 Å². The topological polar surface area (TPSA) is 146 Å². The molecule has 0 spiro atoms. The molecule has 2 aromatic carbocycles. The third-order valence-electron chi connectivity index (χ3n) is 3.79. The number of nitro groups is 1. The van der Waals surface area contributed by atoms with Crippen molar-refractivity contribution in [3.8, 4) is 5.75 Å². The second-order valence-electron chi connectivity index (χ2n) is 5.86. The molecule has 0 radical (unpaired) electrons. The van der Waals surface area contributed by atoms with Gasteiger partial charge in [0.05, 0.1) is 11.1 Å². The quantitative estimate of drug-likeness (QED) is 0.376. The number of non-ortho nitro benzene ring substituents is 1. The summed E-state index contributed by atoms with van der Waals surface area (Å²) in [6.45, 7) is 0. The molecule has 11 heteroatoms. The zero-order chi connectivity index (χ0) is 20.8. The first-order valence-electron chi connectivity index (χ1n) is 8.33. The van der Waals surface area contributed by atoms with Crippen LogP contribution in [0.25, 0.3) is 0 Å². The minimum atomic E-state index is -0.674. The molecule has 0 aliphatic carbocycles. The predicted octanol–water partition coefficient (Wildman–Crippen LogP) is 2.25. The van der Waals surface area contributed by atoms with Crippen LogP contribution in [0, 0.1) is 10.1 Å². The second-order valence-corrected chi connectivity index (χ2v) is 7.05. The van der Waals surface area contributed by atoms with Crippen molar-refractivity contribution < 1.29 is 19.6 Å². The highest BCUT2D eigenvalue weighted by molar-refractivity contribution is 8.15. The summed E-state index contributed by atoms with van der Waals surface area (Å²) in [5, 5.41) is 32.7. The van der Waals surface area contributed by atoms with Crippen molar-refractivity contribution >= 4 is 46.3 Å². The lowest BCUT2D eigenvalue weighted by molar-refractivity contribution is -0.384. The highest BCUT2D eigenvalue weighted by atomic mass is 32.2. The van der Waals surface area contributed by atoms with Crippen LogP contribution in [0.2, 0.25) is 0 Å². The Kier molecular flexibility index (Phi) is 6.19. The van der Waals surface area contributed by atoms with Crippen LogP contribution in [0.15, 0.2) is 58.7 Å². The van der Waals surface area contributed by atoms with E-state index in [1.807, 2.05) is 0 Å². The fourth-order valence-corrected chi connectivity index (χ4v) is 3.30. The third-order valence-corrected chi connectivity index (χ3v) is 4.86. The number of rotatable bonds is 6. The highest BCUT2D eigenvalue weighted by Gasteiger charge is 2.32. The SMILES string of the molecule is O=C(CC1S/C(=N/N=C/c2ccccc2O)NC1=O)Nc1ccc([N+](=O)[O-])cc1. The van der Waals surface area contributed by atoms with Gasteiger partial charge in [0, 0.05) is 29.8 Å². The van der Waals surface area contributed by atoms with Crippen molar-refractivity contribution in [3.63, 3.8) is 0 Å². The molecule has 1 aliphatic rings. The van der Waals surface area contributed by atoms with Gasteiger partial charge in [0.2, 0.25) is 11.8 Å². The van der Waals surface area contributed by atoms with Crippen LogP contribution < -0.4 is 10.6 Å². The van der Waals surface area contributed by atoms with Gasteiger partial charge in [0.25, 0.3) is 5.69 Å². The van der Waals surface area contributed by atoms with Crippen LogP contribution in [-0.4, -0.2) is 38.5 Å². The maximum Gasteiger partial charge on any atom is 0.269 e. The van der Waals surface area contributed by atoms with E-state index >= 15 is 0 Å². The number of nitro benzene ring substituents is 1. The normalized spacial score (nSPS) is 17.4. The highest BCUT2D eigenvalue weighted by Crippen LogP contribution is 2.23. The average Bonchev–Trinajstić information content (AvgIpc) is 3.03. The van der Waals surface area contributed by atoms with E-state index in [-0.39, 0.29) is 28.9 Å². The Balaban J connectivity index is 1.55. The van der Waals surface area contributed by atoms with E-state index in [9.17, 15) is 24.8 Å². The summed E-state index contributed by atoms with van der Waals surface area (Å²) >= 11 is 1.07. The summed E-state index contributed by atoms with van der Waals surface area (Å²) in [6.07, 6.45) is 1.25. The molecule has 1 unspecified atom stereocenters. The number of phenolic OH excluding ortho intramolecular Hbond substituents is 1. The summed E-state index contributed by atoms with van der Waals surface area (Å²) in [5.74, 6) is -0.726. The van der Waals surface area contributed by atoms with Crippen molar-refractivity contribution in [2.45, 2.75) is 11.7 Å². The van der Waals surface area contributed by atoms with Gasteiger partial charge in [-0.15, -0.1) is 5.10 Å². The number of carbonyl (C=O) groups excluding carboxylic acids is 2. The molecule has 0 bridgehead atoms. The standard InChI is InChI=1S/C18H15N5O5S/c24-14-4-2-1-3-11(14)10-19-22-18-21-17(26)15(29-18)9-16(25)20-12-5-7-13(8-6-12)23(27)28/h1-8,10,15,24H,9H2,(H,20,25)(H,21,22,26)/b19-10+. The Hall–Kier alpha value is -3.73. The van der Waals surface area contributed by atoms with E-state index in [0.29, 0.717) is 11.3 Å². The smallest absolute Gasteiger partial charge is 0.269 e. The summed E-state index contributed by atoms with van der Waals surface area (Å²) < 4.78 is 0. The molecule has 0 saturated carbocycles. The minimum Gasteiger partial charge on any atom is -0.507 e. The maximum absolute atomic E-state index is 12.1. The Bertz CT molecular complexity index is 1010. The number of hydrogen-bond donors (Lipinski definition) is 3. The Labute approximate surface area is 168 Å². The van der Waals surface area contributed by atoms with Gasteiger partial charge in [-0.25, -0.2) is 0 Å². The molecule has 3 N–H and O–H groups in total. The number of nitrogens with zero attached hydrogens (tertiary/aromatic N) is 3. The number of amidine groups is 1. The molecular weight excluding hydrogens is 398 g/mol.